The van der Waals surface area contributed by atoms with E-state index in [-0.39, 0.29) is 106 Å². The Kier molecular flexibility index (Phi) is 28.3. The highest BCUT2D eigenvalue weighted by Crippen LogP contribution is 2.41. The smallest absolute Gasteiger partial charge is 0.317 e. The molecule has 0 amide bonds. The van der Waals surface area contributed by atoms with Gasteiger partial charge in [-0.25, -0.2) is 0 Å². The van der Waals surface area contributed by atoms with E-state index >= 15 is 0 Å². The molecule has 26 nitrogen and oxygen atoms in total. The molecule has 8 N–H and O–H groups in total. The van der Waals surface area contributed by atoms with Crippen molar-refractivity contribution >= 4 is 47.8 Å². The number of carbonyl (C=O) groups excluding carboxylic acids is 4. The summed E-state index contributed by atoms with van der Waals surface area (Å²) in [6.45, 7) is 34.6. The van der Waals surface area contributed by atoms with Gasteiger partial charge >= 0.3 is 47.8 Å². The highest BCUT2D eigenvalue weighted by Gasteiger charge is 2.49. The van der Waals surface area contributed by atoms with E-state index in [1.54, 1.807) is 0 Å². The van der Waals surface area contributed by atoms with Crippen molar-refractivity contribution in [2.75, 3.05) is 39.3 Å². The topological polar surface area (TPSA) is 355 Å². The Hall–Kier alpha value is -4.64. The molecule has 0 unspecified atom stereocenters. The first-order chi connectivity index (χ1) is 35.8. The zero-order valence-electron chi connectivity index (χ0n) is 51.4. The standard InChI is InChI=1S/4C11H21NO3.C10H16N2O8/c4*1-8(13)15-9-6-10(2,3)12(14)11(4,5)7-9;13-7(14)3-11(4-8(15)16)1-2-12(5-9(17)18)6-10(19)20/h4*9,14H,6-7H2,1-5H3;1-6H2,(H,13,14)(H,15,16)(H,17,18)(H,19,20). The molecule has 0 radical (unpaired) electrons. The number of hydrogen-bond donors (Lipinski definition) is 8. The molecular formula is C54H100N6O20. The molecule has 4 aliphatic rings. The summed E-state index contributed by atoms with van der Waals surface area (Å²) in [6, 6.07) is 0. The molecule has 0 aliphatic carbocycles. The largest absolute Gasteiger partial charge is 0.480 e. The lowest BCUT2D eigenvalue weighted by atomic mass is 9.80. The van der Waals surface area contributed by atoms with Crippen LogP contribution in [0.25, 0.3) is 0 Å². The van der Waals surface area contributed by atoms with E-state index in [9.17, 15) is 59.2 Å². The second-order valence-electron chi connectivity index (χ2n) is 26.3. The van der Waals surface area contributed by atoms with E-state index in [4.69, 9.17) is 39.4 Å². The fourth-order valence-electron chi connectivity index (χ4n) is 11.5. The summed E-state index contributed by atoms with van der Waals surface area (Å²) in [4.78, 5) is 88.0. The summed E-state index contributed by atoms with van der Waals surface area (Å²) in [5.74, 6) is -5.92. The normalized spacial score (nSPS) is 22.4. The number of rotatable bonds is 15. The van der Waals surface area contributed by atoms with E-state index in [0.29, 0.717) is 51.4 Å². The van der Waals surface area contributed by atoms with Crippen LogP contribution in [0.4, 0.5) is 0 Å². The molecule has 0 aromatic heterocycles. The average molecular weight is 1150 g/mol. The molecule has 26 heteroatoms. The molecule has 4 aliphatic heterocycles. The van der Waals surface area contributed by atoms with Gasteiger partial charge in [-0.1, -0.05) is 0 Å². The van der Waals surface area contributed by atoms with Crippen molar-refractivity contribution in [3.63, 3.8) is 0 Å². The van der Waals surface area contributed by atoms with Gasteiger partial charge in [0.2, 0.25) is 0 Å². The predicted molar refractivity (Wildman–Crippen MR) is 290 cm³/mol. The number of esters is 4. The summed E-state index contributed by atoms with van der Waals surface area (Å²) < 4.78 is 20.9. The molecule has 4 heterocycles. The van der Waals surface area contributed by atoms with Gasteiger partial charge in [-0.2, -0.15) is 20.3 Å². The van der Waals surface area contributed by atoms with Gasteiger partial charge in [0.05, 0.1) is 26.2 Å². The quantitative estimate of drug-likeness (QED) is 0.0712. The van der Waals surface area contributed by atoms with Gasteiger partial charge in [0.1, 0.15) is 24.4 Å². The first-order valence-electron chi connectivity index (χ1n) is 26.8. The second kappa shape index (κ2) is 30.1. The van der Waals surface area contributed by atoms with Crippen LogP contribution >= 0.6 is 0 Å². The third kappa shape index (κ3) is 26.5. The van der Waals surface area contributed by atoms with E-state index < -0.39 is 50.1 Å². The number of piperidine rings is 4. The maximum atomic E-state index is 10.9. The predicted octanol–water partition coefficient (Wildman–Crippen LogP) is 5.77. The van der Waals surface area contributed by atoms with E-state index in [1.807, 2.05) is 111 Å². The van der Waals surface area contributed by atoms with Gasteiger partial charge in [0.25, 0.3) is 0 Å². The number of carboxylic acids is 4. The van der Waals surface area contributed by atoms with Gasteiger partial charge in [-0.05, 0) is 111 Å². The van der Waals surface area contributed by atoms with Crippen LogP contribution in [0, 0.1) is 0 Å². The van der Waals surface area contributed by atoms with Crippen molar-refractivity contribution in [2.45, 2.75) is 259 Å². The lowest BCUT2D eigenvalue weighted by molar-refractivity contribution is -0.259. The third-order valence-corrected chi connectivity index (χ3v) is 13.9. The second-order valence-corrected chi connectivity index (χ2v) is 26.3. The minimum atomic E-state index is -1.23. The van der Waals surface area contributed by atoms with E-state index in [0.717, 1.165) is 9.80 Å². The zero-order chi connectivity index (χ0) is 63.1. The number of aliphatic carboxylic acids is 4. The van der Waals surface area contributed by atoms with Gasteiger partial charge in [0.15, 0.2) is 0 Å². The lowest BCUT2D eigenvalue weighted by Crippen LogP contribution is -2.60. The molecule has 0 aromatic rings. The first kappa shape index (κ1) is 75.4. The van der Waals surface area contributed by atoms with Crippen LogP contribution in [0.15, 0.2) is 0 Å². The molecular weight excluding hydrogens is 1050 g/mol. The van der Waals surface area contributed by atoms with E-state index in [2.05, 4.69) is 0 Å². The average Bonchev–Trinajstić information content (AvgIpc) is 3.20. The van der Waals surface area contributed by atoms with Gasteiger partial charge in [-0.15, -0.1) is 0 Å². The SMILES string of the molecule is CC(=O)OC1CC(C)(C)N(O)C(C)(C)C1.CC(=O)OC1CC(C)(C)N(O)C(C)(C)C1.CC(=O)OC1CC(C)(C)N(O)C(C)(C)C1.CC(=O)OC1CC(C)(C)N(O)C(C)(C)C1.O=C(O)CN(CCN(CC(=O)O)CC(=O)O)CC(=O)O. The van der Waals surface area contributed by atoms with Crippen LogP contribution in [0.1, 0.15) is 190 Å². The minimum absolute atomic E-state index is 0.0703. The van der Waals surface area contributed by atoms with E-state index in [1.165, 1.54) is 47.9 Å². The van der Waals surface area contributed by atoms with Crippen LogP contribution in [0.5, 0.6) is 0 Å². The minimum Gasteiger partial charge on any atom is -0.480 e. The number of hydrogen-bond acceptors (Lipinski definition) is 22. The Morgan fingerprint density at radius 2 is 0.450 bits per heavy atom. The monoisotopic (exact) mass is 1150 g/mol. The Bertz CT molecular complexity index is 1740. The van der Waals surface area contributed by atoms with Crippen molar-refractivity contribution in [1.29, 1.82) is 0 Å². The molecule has 0 atom stereocenters. The molecule has 0 spiro atoms. The Labute approximate surface area is 473 Å². The molecule has 0 saturated carbocycles. The van der Waals surface area contributed by atoms with Crippen molar-refractivity contribution in [1.82, 2.24) is 30.1 Å². The summed E-state index contributed by atoms with van der Waals surface area (Å²) >= 11 is 0. The number of nitrogens with zero attached hydrogens (tertiary/aromatic N) is 6. The lowest BCUT2D eigenvalue weighted by Gasteiger charge is -2.50. The first-order valence-corrected chi connectivity index (χ1v) is 26.8. The van der Waals surface area contributed by atoms with Crippen LogP contribution in [-0.4, -0.2) is 227 Å². The van der Waals surface area contributed by atoms with Crippen LogP contribution < -0.4 is 0 Å². The fourth-order valence-corrected chi connectivity index (χ4v) is 11.5. The third-order valence-electron chi connectivity index (χ3n) is 13.9. The van der Waals surface area contributed by atoms with Crippen LogP contribution in [0.2, 0.25) is 0 Å². The molecule has 80 heavy (non-hydrogen) atoms. The van der Waals surface area contributed by atoms with Gasteiger partial charge in [-0.3, -0.25) is 48.2 Å². The summed E-state index contributed by atoms with van der Waals surface area (Å²) in [6.07, 6.45) is 4.87. The van der Waals surface area contributed by atoms with Crippen molar-refractivity contribution < 1.29 is 98.6 Å². The number of carbonyl (C=O) groups is 8. The molecule has 4 saturated heterocycles. The van der Waals surface area contributed by atoms with Crippen LogP contribution in [0.3, 0.4) is 0 Å². The maximum absolute atomic E-state index is 10.9. The number of ether oxygens (including phenoxy) is 4. The maximum Gasteiger partial charge on any atom is 0.317 e. The van der Waals surface area contributed by atoms with Crippen molar-refractivity contribution in [3.05, 3.63) is 0 Å². The summed E-state index contributed by atoms with van der Waals surface area (Å²) in [5.41, 5.74) is -2.87. The highest BCUT2D eigenvalue weighted by atomic mass is 16.6. The molecule has 4 rings (SSSR count). The Morgan fingerprint density at radius 1 is 0.325 bits per heavy atom. The summed E-state index contributed by atoms with van der Waals surface area (Å²) in [5, 5.41) is 80.0. The number of carboxylic acid groups (broad SMARTS) is 4. The van der Waals surface area contributed by atoms with Crippen molar-refractivity contribution in [2.24, 2.45) is 0 Å². The molecule has 4 fully saturated rings. The van der Waals surface area contributed by atoms with Crippen LogP contribution in [-0.2, 0) is 57.3 Å². The fraction of sp³-hybridized carbons (Fsp3) is 0.852. The highest BCUT2D eigenvalue weighted by molar-refractivity contribution is 5.73. The molecule has 466 valence electrons. The number of hydroxylamine groups is 8. The van der Waals surface area contributed by atoms with Crippen molar-refractivity contribution in [3.8, 4) is 0 Å². The zero-order valence-corrected chi connectivity index (χ0v) is 51.4. The Morgan fingerprint density at radius 3 is 0.550 bits per heavy atom. The van der Waals surface area contributed by atoms with Gasteiger partial charge < -0.3 is 60.2 Å². The molecule has 0 aromatic carbocycles. The van der Waals surface area contributed by atoms with Gasteiger partial charge in [0, 0.05) is 136 Å². The summed E-state index contributed by atoms with van der Waals surface area (Å²) in [7, 11) is 0. The molecule has 0 bridgehead atoms. The Balaban J connectivity index is 0.000000979.